The molecule has 1 unspecified atom stereocenters. The van der Waals surface area contributed by atoms with Gasteiger partial charge in [-0.2, -0.15) is 13.2 Å². The van der Waals surface area contributed by atoms with Crippen LogP contribution in [0.4, 0.5) is 18.9 Å². The first kappa shape index (κ1) is 20.0. The summed E-state index contributed by atoms with van der Waals surface area (Å²) in [5.41, 5.74) is 2.53. The van der Waals surface area contributed by atoms with Gasteiger partial charge in [-0.25, -0.2) is 0 Å². The fourth-order valence-electron chi connectivity index (χ4n) is 4.44. The molecule has 0 saturated carbocycles. The largest absolute Gasteiger partial charge is 0.495 e. The van der Waals surface area contributed by atoms with Crippen molar-refractivity contribution in [2.24, 2.45) is 0 Å². The van der Waals surface area contributed by atoms with Crippen molar-refractivity contribution in [2.45, 2.75) is 43.8 Å². The highest BCUT2D eigenvalue weighted by Gasteiger charge is 2.46. The van der Waals surface area contributed by atoms with Gasteiger partial charge in [0.25, 0.3) is 0 Å². The first-order chi connectivity index (χ1) is 13.9. The van der Waals surface area contributed by atoms with E-state index < -0.39 is 12.3 Å². The minimum atomic E-state index is -4.44. The molecule has 1 saturated heterocycles. The van der Waals surface area contributed by atoms with Gasteiger partial charge in [0.15, 0.2) is 6.10 Å². The number of ether oxygens (including phenoxy) is 2. The number of fused-ring (bicyclic) bond motifs is 1. The fraction of sp³-hybridized carbons (Fsp3) is 0.455. The zero-order chi connectivity index (χ0) is 20.6. The number of piperidine rings is 1. The maximum absolute atomic E-state index is 13.4. The molecule has 0 aliphatic carbocycles. The van der Waals surface area contributed by atoms with Crippen LogP contribution in [0.15, 0.2) is 42.5 Å². The molecule has 2 aromatic carbocycles. The number of alkyl halides is 3. The highest BCUT2D eigenvalue weighted by Crippen LogP contribution is 2.46. The third-order valence-corrected chi connectivity index (χ3v) is 5.89. The van der Waals surface area contributed by atoms with Crippen molar-refractivity contribution >= 4 is 5.69 Å². The van der Waals surface area contributed by atoms with Crippen molar-refractivity contribution < 1.29 is 22.6 Å². The fourth-order valence-corrected chi connectivity index (χ4v) is 4.44. The molecular weight excluding hydrogens is 381 g/mol. The van der Waals surface area contributed by atoms with Crippen LogP contribution in [0.3, 0.4) is 0 Å². The Bertz CT molecular complexity index is 857. The first-order valence-corrected chi connectivity index (χ1v) is 9.80. The average Bonchev–Trinajstić information content (AvgIpc) is 3.16. The Hall–Kier alpha value is -2.25. The van der Waals surface area contributed by atoms with Gasteiger partial charge in [-0.05, 0) is 48.2 Å². The highest BCUT2D eigenvalue weighted by atomic mass is 19.4. The van der Waals surface area contributed by atoms with Crippen LogP contribution in [0.5, 0.6) is 5.75 Å². The zero-order valence-corrected chi connectivity index (χ0v) is 16.5. The Morgan fingerprint density at radius 2 is 1.93 bits per heavy atom. The number of hydrogen-bond acceptors (Lipinski definition) is 4. The van der Waals surface area contributed by atoms with Crippen LogP contribution >= 0.6 is 0 Å². The second kappa shape index (κ2) is 7.88. The van der Waals surface area contributed by atoms with E-state index in [2.05, 4.69) is 22.3 Å². The Morgan fingerprint density at radius 1 is 1.17 bits per heavy atom. The van der Waals surface area contributed by atoms with Crippen LogP contribution in [-0.4, -0.2) is 32.9 Å². The van der Waals surface area contributed by atoms with Gasteiger partial charge in [-0.1, -0.05) is 30.3 Å². The van der Waals surface area contributed by atoms with Crippen LogP contribution in [0, 0.1) is 0 Å². The number of nitrogens with zero attached hydrogens (tertiary/aromatic N) is 1. The molecule has 4 nitrogen and oxygen atoms in total. The van der Waals surface area contributed by atoms with E-state index in [4.69, 9.17) is 9.47 Å². The first-order valence-electron chi connectivity index (χ1n) is 9.80. The SMILES string of the molecule is COc1cc2c(cc1N(C)[C@H]1CCCN[C@H]1c1ccccc1)C(C(F)(F)F)OC2. The summed E-state index contributed by atoms with van der Waals surface area (Å²) < 4.78 is 50.8. The van der Waals surface area contributed by atoms with E-state index in [1.54, 1.807) is 19.2 Å². The third-order valence-electron chi connectivity index (χ3n) is 5.89. The number of anilines is 1. The molecule has 3 atom stereocenters. The molecule has 0 bridgehead atoms. The summed E-state index contributed by atoms with van der Waals surface area (Å²) in [6, 6.07) is 13.6. The normalized spacial score (nSPS) is 24.2. The average molecular weight is 406 g/mol. The van der Waals surface area contributed by atoms with Gasteiger partial charge >= 0.3 is 6.18 Å². The lowest BCUT2D eigenvalue weighted by Gasteiger charge is -2.40. The Kier molecular flexibility index (Phi) is 5.44. The summed E-state index contributed by atoms with van der Waals surface area (Å²) >= 11 is 0. The second-order valence-corrected chi connectivity index (χ2v) is 7.62. The highest BCUT2D eigenvalue weighted by molar-refractivity contribution is 5.63. The van der Waals surface area contributed by atoms with Gasteiger partial charge in [0, 0.05) is 13.1 Å². The van der Waals surface area contributed by atoms with E-state index >= 15 is 0 Å². The van der Waals surface area contributed by atoms with Gasteiger partial charge in [0.2, 0.25) is 0 Å². The lowest BCUT2D eigenvalue weighted by Crippen LogP contribution is -2.47. The molecule has 7 heteroatoms. The van der Waals surface area contributed by atoms with E-state index in [1.165, 1.54) is 5.56 Å². The number of benzene rings is 2. The lowest BCUT2D eigenvalue weighted by atomic mass is 9.90. The molecule has 4 rings (SSSR count). The Morgan fingerprint density at radius 3 is 2.62 bits per heavy atom. The maximum atomic E-state index is 13.4. The van der Waals surface area contributed by atoms with Gasteiger partial charge in [0.05, 0.1) is 25.4 Å². The van der Waals surface area contributed by atoms with Crippen LogP contribution in [0.2, 0.25) is 0 Å². The molecule has 1 fully saturated rings. The topological polar surface area (TPSA) is 33.7 Å². The minimum absolute atomic E-state index is 0.0580. The molecule has 1 N–H and O–H groups in total. The molecule has 2 aliphatic rings. The third kappa shape index (κ3) is 3.81. The van der Waals surface area contributed by atoms with Crippen LogP contribution in [-0.2, 0) is 11.3 Å². The number of likely N-dealkylation sites (N-methyl/N-ethyl adjacent to an activating group) is 1. The summed E-state index contributed by atoms with van der Waals surface area (Å²) in [6.07, 6.45) is -4.39. The lowest BCUT2D eigenvalue weighted by molar-refractivity contribution is -0.219. The number of methoxy groups -OCH3 is 1. The second-order valence-electron chi connectivity index (χ2n) is 7.62. The Balaban J connectivity index is 1.71. The minimum Gasteiger partial charge on any atom is -0.495 e. The molecular formula is C22H25F3N2O2. The van der Waals surface area contributed by atoms with E-state index in [9.17, 15) is 13.2 Å². The molecule has 2 aliphatic heterocycles. The van der Waals surface area contributed by atoms with Crippen molar-refractivity contribution in [1.29, 1.82) is 0 Å². The quantitative estimate of drug-likeness (QED) is 0.794. The predicted octanol–water partition coefficient (Wildman–Crippen LogP) is 4.76. The number of nitrogens with one attached hydrogen (secondary N) is 1. The monoisotopic (exact) mass is 406 g/mol. The van der Waals surface area contributed by atoms with Gasteiger partial charge in [-0.3, -0.25) is 0 Å². The number of hydrogen-bond donors (Lipinski definition) is 1. The zero-order valence-electron chi connectivity index (χ0n) is 16.5. The molecule has 0 radical (unpaired) electrons. The maximum Gasteiger partial charge on any atom is 0.418 e. The van der Waals surface area contributed by atoms with Gasteiger partial charge in [0.1, 0.15) is 5.75 Å². The van der Waals surface area contributed by atoms with Crippen LogP contribution in [0.1, 0.15) is 41.7 Å². The standard InChI is InChI=1S/C22H25F3N2O2/c1-27(17-9-6-10-26-20(17)14-7-4-3-5-8-14)18-12-16-15(11-19(18)28-2)13-29-21(16)22(23,24)25/h3-5,7-8,11-12,17,20-21,26H,6,9-10,13H2,1-2H3/t17-,20-,21?/m0/s1. The summed E-state index contributed by atoms with van der Waals surface area (Å²) in [4.78, 5) is 2.05. The predicted molar refractivity (Wildman–Crippen MR) is 105 cm³/mol. The molecule has 0 spiro atoms. The summed E-state index contributed by atoms with van der Waals surface area (Å²) in [7, 11) is 3.47. The van der Waals surface area contributed by atoms with Crippen molar-refractivity contribution in [3.63, 3.8) is 0 Å². The van der Waals surface area contributed by atoms with Crippen LogP contribution < -0.4 is 15.0 Å². The molecule has 0 amide bonds. The van der Waals surface area contributed by atoms with Crippen molar-refractivity contribution in [2.75, 3.05) is 25.6 Å². The number of rotatable bonds is 4. The van der Waals surface area contributed by atoms with E-state index in [0.717, 1.165) is 19.4 Å². The van der Waals surface area contributed by atoms with Crippen LogP contribution in [0.25, 0.3) is 0 Å². The molecule has 2 aromatic rings. The molecule has 29 heavy (non-hydrogen) atoms. The van der Waals surface area contributed by atoms with Crippen molar-refractivity contribution in [3.05, 3.63) is 59.2 Å². The summed E-state index contributed by atoms with van der Waals surface area (Å²) in [5.74, 6) is 0.565. The smallest absolute Gasteiger partial charge is 0.418 e. The number of halogens is 3. The van der Waals surface area contributed by atoms with E-state index in [1.807, 2.05) is 25.2 Å². The summed E-state index contributed by atoms with van der Waals surface area (Å²) in [5, 5.41) is 3.57. The van der Waals surface area contributed by atoms with E-state index in [-0.39, 0.29) is 24.3 Å². The van der Waals surface area contributed by atoms with Crippen molar-refractivity contribution in [1.82, 2.24) is 5.32 Å². The Labute approximate surface area is 168 Å². The molecule has 0 aromatic heterocycles. The molecule has 156 valence electrons. The summed E-state index contributed by atoms with van der Waals surface area (Å²) in [6.45, 7) is 0.854. The van der Waals surface area contributed by atoms with E-state index in [0.29, 0.717) is 17.0 Å². The van der Waals surface area contributed by atoms with Gasteiger partial charge in [-0.15, -0.1) is 0 Å². The van der Waals surface area contributed by atoms with Gasteiger partial charge < -0.3 is 19.7 Å². The van der Waals surface area contributed by atoms with Crippen molar-refractivity contribution in [3.8, 4) is 5.75 Å². The molecule has 2 heterocycles.